The second-order valence-corrected chi connectivity index (χ2v) is 6.47. The number of benzene rings is 1. The first-order valence-corrected chi connectivity index (χ1v) is 8.38. The lowest BCUT2D eigenvalue weighted by molar-refractivity contribution is 0.270. The molecule has 1 aromatic rings. The highest BCUT2D eigenvalue weighted by Gasteiger charge is 2.24. The molecule has 0 bridgehead atoms. The van der Waals surface area contributed by atoms with Gasteiger partial charge in [-0.15, -0.1) is 0 Å². The highest BCUT2D eigenvalue weighted by molar-refractivity contribution is 5.53. The van der Waals surface area contributed by atoms with Gasteiger partial charge in [0.2, 0.25) is 0 Å². The monoisotopic (exact) mass is 289 g/mol. The van der Waals surface area contributed by atoms with Crippen molar-refractivity contribution in [2.24, 2.45) is 0 Å². The Hall–Kier alpha value is -1.06. The quantitative estimate of drug-likeness (QED) is 0.832. The van der Waals surface area contributed by atoms with Gasteiger partial charge >= 0.3 is 0 Å². The van der Waals surface area contributed by atoms with Crippen molar-refractivity contribution in [3.8, 4) is 0 Å². The molecule has 1 fully saturated rings. The fourth-order valence-corrected chi connectivity index (χ4v) is 3.28. The summed E-state index contributed by atoms with van der Waals surface area (Å²) in [6.45, 7) is 11.2. The zero-order valence-corrected chi connectivity index (χ0v) is 14.1. The van der Waals surface area contributed by atoms with Gasteiger partial charge in [-0.25, -0.2) is 0 Å². The third-order valence-corrected chi connectivity index (χ3v) is 4.49. The maximum atomic E-state index is 3.53. The number of likely N-dealkylation sites (N-methyl/N-ethyl adjacent to an activating group) is 2. The van der Waals surface area contributed by atoms with E-state index in [9.17, 15) is 0 Å². The van der Waals surface area contributed by atoms with Crippen LogP contribution < -0.4 is 10.2 Å². The number of nitrogens with one attached hydrogen (secondary N) is 1. The number of hydrogen-bond donors (Lipinski definition) is 1. The number of para-hydroxylation sites is 1. The molecule has 0 aromatic heterocycles. The Labute approximate surface area is 130 Å². The van der Waals surface area contributed by atoms with Crippen LogP contribution in [0.3, 0.4) is 0 Å². The highest BCUT2D eigenvalue weighted by Crippen LogP contribution is 2.23. The molecule has 3 nitrogen and oxygen atoms in total. The minimum atomic E-state index is 0.522. The molecule has 0 amide bonds. The van der Waals surface area contributed by atoms with E-state index in [0.29, 0.717) is 12.1 Å². The molecule has 1 aromatic carbocycles. The van der Waals surface area contributed by atoms with E-state index in [4.69, 9.17) is 0 Å². The van der Waals surface area contributed by atoms with Crippen LogP contribution in [0, 0.1) is 0 Å². The van der Waals surface area contributed by atoms with Crippen LogP contribution in [0.15, 0.2) is 24.3 Å². The fraction of sp³-hybridized carbons (Fsp3) is 0.667. The Bertz CT molecular complexity index is 430. The summed E-state index contributed by atoms with van der Waals surface area (Å²) in [6.07, 6.45) is 2.69. The van der Waals surface area contributed by atoms with Crippen LogP contribution in [0.1, 0.15) is 39.2 Å². The second-order valence-electron chi connectivity index (χ2n) is 6.47. The van der Waals surface area contributed by atoms with Gasteiger partial charge in [-0.2, -0.15) is 0 Å². The molecule has 118 valence electrons. The molecule has 1 aliphatic heterocycles. The lowest BCUT2D eigenvalue weighted by atomic mass is 10.1. The molecular weight excluding hydrogens is 258 g/mol. The molecule has 2 rings (SSSR count). The SMILES string of the molecule is CCN1CCCC1CN(C)c1ccccc1CNC(C)C. The molecule has 21 heavy (non-hydrogen) atoms. The predicted octanol–water partition coefficient (Wildman–Crippen LogP) is 3.11. The van der Waals surface area contributed by atoms with Gasteiger partial charge in [0.15, 0.2) is 0 Å². The molecule has 1 heterocycles. The van der Waals surface area contributed by atoms with Crippen molar-refractivity contribution in [2.75, 3.05) is 31.6 Å². The lowest BCUT2D eigenvalue weighted by Crippen LogP contribution is -2.39. The number of rotatable bonds is 7. The minimum absolute atomic E-state index is 0.522. The van der Waals surface area contributed by atoms with E-state index in [-0.39, 0.29) is 0 Å². The maximum Gasteiger partial charge on any atom is 0.0409 e. The van der Waals surface area contributed by atoms with Gasteiger partial charge in [0.05, 0.1) is 0 Å². The van der Waals surface area contributed by atoms with Gasteiger partial charge in [0, 0.05) is 37.9 Å². The third kappa shape index (κ3) is 4.45. The Balaban J connectivity index is 2.02. The number of nitrogens with zero attached hydrogens (tertiary/aromatic N) is 2. The largest absolute Gasteiger partial charge is 0.373 e. The topological polar surface area (TPSA) is 18.5 Å². The van der Waals surface area contributed by atoms with Crippen molar-refractivity contribution in [3.05, 3.63) is 29.8 Å². The summed E-state index contributed by atoms with van der Waals surface area (Å²) in [5.74, 6) is 0. The molecular formula is C18H31N3. The minimum Gasteiger partial charge on any atom is -0.373 e. The second kappa shape index (κ2) is 7.81. The van der Waals surface area contributed by atoms with E-state index in [1.165, 1.54) is 37.2 Å². The molecule has 1 aliphatic rings. The molecule has 0 saturated carbocycles. The van der Waals surface area contributed by atoms with Crippen LogP contribution in [0.25, 0.3) is 0 Å². The highest BCUT2D eigenvalue weighted by atomic mass is 15.2. The summed E-state index contributed by atoms with van der Waals surface area (Å²) in [5.41, 5.74) is 2.77. The Morgan fingerprint density at radius 1 is 1.33 bits per heavy atom. The number of anilines is 1. The summed E-state index contributed by atoms with van der Waals surface area (Å²) in [5, 5.41) is 3.53. The van der Waals surface area contributed by atoms with Crippen LogP contribution in [0.2, 0.25) is 0 Å². The van der Waals surface area contributed by atoms with E-state index in [1.807, 2.05) is 0 Å². The first-order valence-electron chi connectivity index (χ1n) is 8.38. The maximum absolute atomic E-state index is 3.53. The first-order chi connectivity index (χ1) is 10.1. The van der Waals surface area contributed by atoms with Crippen LogP contribution >= 0.6 is 0 Å². The van der Waals surface area contributed by atoms with Crippen molar-refractivity contribution < 1.29 is 0 Å². The van der Waals surface area contributed by atoms with Crippen LogP contribution in [0.5, 0.6) is 0 Å². The van der Waals surface area contributed by atoms with Crippen molar-refractivity contribution in [1.82, 2.24) is 10.2 Å². The first kappa shape index (κ1) is 16.3. The van der Waals surface area contributed by atoms with Gasteiger partial charge in [0.25, 0.3) is 0 Å². The normalized spacial score (nSPS) is 19.4. The molecule has 0 radical (unpaired) electrons. The van der Waals surface area contributed by atoms with Gasteiger partial charge in [-0.3, -0.25) is 4.90 Å². The summed E-state index contributed by atoms with van der Waals surface area (Å²) in [4.78, 5) is 5.06. The zero-order valence-electron chi connectivity index (χ0n) is 14.1. The van der Waals surface area contributed by atoms with Gasteiger partial charge in [-0.05, 0) is 37.6 Å². The summed E-state index contributed by atoms with van der Waals surface area (Å²) >= 11 is 0. The Morgan fingerprint density at radius 3 is 2.81 bits per heavy atom. The van der Waals surface area contributed by atoms with E-state index < -0.39 is 0 Å². The van der Waals surface area contributed by atoms with Crippen molar-refractivity contribution in [2.45, 2.75) is 52.2 Å². The van der Waals surface area contributed by atoms with E-state index in [1.54, 1.807) is 0 Å². The molecule has 0 spiro atoms. The predicted molar refractivity (Wildman–Crippen MR) is 92.0 cm³/mol. The van der Waals surface area contributed by atoms with Crippen molar-refractivity contribution in [3.63, 3.8) is 0 Å². The fourth-order valence-electron chi connectivity index (χ4n) is 3.28. The van der Waals surface area contributed by atoms with Crippen LogP contribution in [-0.2, 0) is 6.54 Å². The molecule has 3 heteroatoms. The van der Waals surface area contributed by atoms with Gasteiger partial charge < -0.3 is 10.2 Å². The number of hydrogen-bond acceptors (Lipinski definition) is 3. The Kier molecular flexibility index (Phi) is 6.07. The standard InChI is InChI=1S/C18H31N3/c1-5-21-12-8-10-17(21)14-20(4)18-11-7-6-9-16(18)13-19-15(2)3/h6-7,9,11,15,17,19H,5,8,10,12-14H2,1-4H3. The third-order valence-electron chi connectivity index (χ3n) is 4.49. The van der Waals surface area contributed by atoms with Crippen LogP contribution in [0.4, 0.5) is 5.69 Å². The summed E-state index contributed by atoms with van der Waals surface area (Å²) in [7, 11) is 2.24. The molecule has 1 atom stereocenters. The molecule has 1 saturated heterocycles. The van der Waals surface area contributed by atoms with E-state index in [0.717, 1.165) is 13.1 Å². The smallest absolute Gasteiger partial charge is 0.0409 e. The van der Waals surface area contributed by atoms with E-state index >= 15 is 0 Å². The van der Waals surface area contributed by atoms with Crippen LogP contribution in [-0.4, -0.2) is 43.7 Å². The summed E-state index contributed by atoms with van der Waals surface area (Å²) < 4.78 is 0. The molecule has 0 aliphatic carbocycles. The summed E-state index contributed by atoms with van der Waals surface area (Å²) in [6, 6.07) is 10.0. The lowest BCUT2D eigenvalue weighted by Gasteiger charge is -2.30. The average Bonchev–Trinajstić information content (AvgIpc) is 2.92. The van der Waals surface area contributed by atoms with Gasteiger partial charge in [0.1, 0.15) is 0 Å². The van der Waals surface area contributed by atoms with Crippen molar-refractivity contribution >= 4 is 5.69 Å². The zero-order chi connectivity index (χ0) is 15.2. The molecule has 1 N–H and O–H groups in total. The Morgan fingerprint density at radius 2 is 2.10 bits per heavy atom. The van der Waals surface area contributed by atoms with E-state index in [2.05, 4.69) is 67.2 Å². The average molecular weight is 289 g/mol. The van der Waals surface area contributed by atoms with Crippen molar-refractivity contribution in [1.29, 1.82) is 0 Å². The number of likely N-dealkylation sites (tertiary alicyclic amines) is 1. The van der Waals surface area contributed by atoms with Gasteiger partial charge in [-0.1, -0.05) is 39.0 Å². The molecule has 1 unspecified atom stereocenters.